The van der Waals surface area contributed by atoms with E-state index in [2.05, 4.69) is 20.3 Å². The zero-order chi connectivity index (χ0) is 23.6. The number of aromatic amines is 1. The minimum Gasteiger partial charge on any atom is -0.347 e. The fourth-order valence-corrected chi connectivity index (χ4v) is 5.77. The van der Waals surface area contributed by atoms with E-state index in [1.165, 1.54) is 10.5 Å². The van der Waals surface area contributed by atoms with Gasteiger partial charge in [0.15, 0.2) is 0 Å². The van der Waals surface area contributed by atoms with E-state index in [0.29, 0.717) is 16.1 Å². The van der Waals surface area contributed by atoms with Gasteiger partial charge in [-0.2, -0.15) is 4.98 Å². The van der Waals surface area contributed by atoms with E-state index >= 15 is 0 Å². The molecular formula is C22H28ClN5O3S. The van der Waals surface area contributed by atoms with Gasteiger partial charge in [0.1, 0.15) is 5.82 Å². The van der Waals surface area contributed by atoms with Crippen LogP contribution in [0.3, 0.4) is 0 Å². The third kappa shape index (κ3) is 5.39. The van der Waals surface area contributed by atoms with Crippen LogP contribution >= 0.6 is 11.6 Å². The molecule has 0 aliphatic rings. The SMILES string of the molecule is CC(C)CS(=O)(=O)N(c1ccnc(NC(C)c2cc3cc(Cl)ccc3[nH]c2=O)n1)C(C)C. The molecule has 2 aromatic heterocycles. The number of nitrogens with one attached hydrogen (secondary N) is 2. The maximum Gasteiger partial charge on any atom is 0.253 e. The number of fused-ring (bicyclic) bond motifs is 1. The molecule has 1 atom stereocenters. The number of rotatable bonds is 8. The van der Waals surface area contributed by atoms with Gasteiger partial charge in [-0.1, -0.05) is 25.4 Å². The summed E-state index contributed by atoms with van der Waals surface area (Å²) in [6.45, 7) is 9.13. The number of aromatic nitrogens is 3. The molecule has 2 heterocycles. The molecule has 1 aromatic carbocycles. The predicted octanol–water partition coefficient (Wildman–Crippen LogP) is 4.35. The van der Waals surface area contributed by atoms with E-state index in [1.54, 1.807) is 44.2 Å². The van der Waals surface area contributed by atoms with Crippen LogP contribution < -0.4 is 15.2 Å². The first-order valence-electron chi connectivity index (χ1n) is 10.4. The zero-order valence-electron chi connectivity index (χ0n) is 18.8. The Kier molecular flexibility index (Phi) is 7.09. The van der Waals surface area contributed by atoms with Crippen molar-refractivity contribution in [3.05, 3.63) is 57.5 Å². The van der Waals surface area contributed by atoms with E-state index in [0.717, 1.165) is 5.39 Å². The highest BCUT2D eigenvalue weighted by Gasteiger charge is 2.28. The molecule has 0 saturated carbocycles. The molecule has 0 bridgehead atoms. The minimum atomic E-state index is -3.56. The Balaban J connectivity index is 1.92. The number of nitrogens with zero attached hydrogens (tertiary/aromatic N) is 3. The van der Waals surface area contributed by atoms with Crippen LogP contribution in [0, 0.1) is 5.92 Å². The lowest BCUT2D eigenvalue weighted by Crippen LogP contribution is -2.40. The van der Waals surface area contributed by atoms with Crippen molar-refractivity contribution in [2.75, 3.05) is 15.4 Å². The third-order valence-corrected chi connectivity index (χ3v) is 7.36. The van der Waals surface area contributed by atoms with Crippen molar-refractivity contribution in [3.63, 3.8) is 0 Å². The van der Waals surface area contributed by atoms with Crippen LogP contribution in [0.2, 0.25) is 5.02 Å². The molecule has 32 heavy (non-hydrogen) atoms. The first kappa shape index (κ1) is 24.0. The topological polar surface area (TPSA) is 108 Å². The fourth-order valence-electron chi connectivity index (χ4n) is 3.56. The highest BCUT2D eigenvalue weighted by atomic mass is 35.5. The van der Waals surface area contributed by atoms with Gasteiger partial charge in [0.2, 0.25) is 16.0 Å². The largest absolute Gasteiger partial charge is 0.347 e. The predicted molar refractivity (Wildman–Crippen MR) is 130 cm³/mol. The molecule has 0 spiro atoms. The Hall–Kier alpha value is -2.65. The lowest BCUT2D eigenvalue weighted by Gasteiger charge is -2.28. The number of sulfonamides is 1. The fraction of sp³-hybridized carbons (Fsp3) is 0.409. The lowest BCUT2D eigenvalue weighted by atomic mass is 10.1. The Labute approximate surface area is 193 Å². The van der Waals surface area contributed by atoms with Crippen molar-refractivity contribution in [1.29, 1.82) is 0 Å². The summed E-state index contributed by atoms with van der Waals surface area (Å²) < 4.78 is 27.2. The molecule has 3 rings (SSSR count). The molecule has 0 radical (unpaired) electrons. The van der Waals surface area contributed by atoms with Crippen LogP contribution in [0.4, 0.5) is 11.8 Å². The van der Waals surface area contributed by atoms with E-state index in [4.69, 9.17) is 11.6 Å². The van der Waals surface area contributed by atoms with Crippen LogP contribution in [0.25, 0.3) is 10.9 Å². The Morgan fingerprint density at radius 3 is 2.50 bits per heavy atom. The van der Waals surface area contributed by atoms with Crippen LogP contribution in [-0.4, -0.2) is 35.2 Å². The molecule has 0 aliphatic heterocycles. The van der Waals surface area contributed by atoms with Gasteiger partial charge in [0.05, 0.1) is 11.8 Å². The molecule has 10 heteroatoms. The van der Waals surface area contributed by atoms with Crippen molar-refractivity contribution in [1.82, 2.24) is 15.0 Å². The third-order valence-electron chi connectivity index (χ3n) is 4.83. The summed E-state index contributed by atoms with van der Waals surface area (Å²) in [5, 5.41) is 4.49. The average Bonchev–Trinajstić information content (AvgIpc) is 2.66. The first-order chi connectivity index (χ1) is 15.0. The zero-order valence-corrected chi connectivity index (χ0v) is 20.3. The quantitative estimate of drug-likeness (QED) is 0.499. The van der Waals surface area contributed by atoms with E-state index in [9.17, 15) is 13.2 Å². The van der Waals surface area contributed by atoms with Crippen LogP contribution in [0.1, 0.15) is 46.2 Å². The molecular weight excluding hydrogens is 450 g/mol. The molecule has 0 saturated heterocycles. The highest BCUT2D eigenvalue weighted by molar-refractivity contribution is 7.92. The van der Waals surface area contributed by atoms with E-state index < -0.39 is 16.1 Å². The average molecular weight is 478 g/mol. The van der Waals surface area contributed by atoms with Crippen LogP contribution in [0.5, 0.6) is 0 Å². The summed E-state index contributed by atoms with van der Waals surface area (Å²) in [7, 11) is -3.56. The normalized spacial score (nSPS) is 13.0. The number of benzene rings is 1. The molecule has 2 N–H and O–H groups in total. The number of anilines is 2. The van der Waals surface area contributed by atoms with E-state index in [-0.39, 0.29) is 35.0 Å². The van der Waals surface area contributed by atoms with E-state index in [1.807, 2.05) is 20.8 Å². The van der Waals surface area contributed by atoms with Gasteiger partial charge in [-0.25, -0.2) is 13.4 Å². The van der Waals surface area contributed by atoms with Gasteiger partial charge in [-0.15, -0.1) is 0 Å². The van der Waals surface area contributed by atoms with Crippen molar-refractivity contribution < 1.29 is 8.42 Å². The summed E-state index contributed by atoms with van der Waals surface area (Å²) in [5.41, 5.74) is 0.942. The van der Waals surface area contributed by atoms with Crippen molar-refractivity contribution in [2.45, 2.75) is 46.7 Å². The molecule has 8 nitrogen and oxygen atoms in total. The van der Waals surface area contributed by atoms with Crippen molar-refractivity contribution in [2.24, 2.45) is 5.92 Å². The Bertz CT molecular complexity index is 1270. The van der Waals surface area contributed by atoms with Crippen molar-refractivity contribution in [3.8, 4) is 0 Å². The molecule has 1 unspecified atom stereocenters. The summed E-state index contributed by atoms with van der Waals surface area (Å²) in [6.07, 6.45) is 1.50. The molecule has 0 aliphatic carbocycles. The summed E-state index contributed by atoms with van der Waals surface area (Å²) >= 11 is 6.08. The monoisotopic (exact) mass is 477 g/mol. The Morgan fingerprint density at radius 2 is 1.84 bits per heavy atom. The second-order valence-electron chi connectivity index (χ2n) is 8.45. The molecule has 172 valence electrons. The summed E-state index contributed by atoms with van der Waals surface area (Å²) in [4.78, 5) is 24.1. The molecule has 3 aromatic rings. The second kappa shape index (κ2) is 9.46. The smallest absolute Gasteiger partial charge is 0.253 e. The highest BCUT2D eigenvalue weighted by Crippen LogP contribution is 2.24. The van der Waals surface area contributed by atoms with Crippen LogP contribution in [0.15, 0.2) is 41.3 Å². The van der Waals surface area contributed by atoms with Gasteiger partial charge < -0.3 is 10.3 Å². The van der Waals surface area contributed by atoms with Crippen molar-refractivity contribution >= 4 is 44.3 Å². The molecule has 0 fully saturated rings. The minimum absolute atomic E-state index is 0.0172. The van der Waals surface area contributed by atoms with Gasteiger partial charge in [0.25, 0.3) is 5.56 Å². The second-order valence-corrected chi connectivity index (χ2v) is 10.8. The number of hydrogen-bond donors (Lipinski definition) is 2. The van der Waals surface area contributed by atoms with Gasteiger partial charge in [0, 0.05) is 39.8 Å². The maximum absolute atomic E-state index is 12.9. The summed E-state index contributed by atoms with van der Waals surface area (Å²) in [5.74, 6) is 0.507. The lowest BCUT2D eigenvalue weighted by molar-refractivity contribution is 0.570. The first-order valence-corrected chi connectivity index (χ1v) is 12.4. The number of hydrogen-bond acceptors (Lipinski definition) is 6. The van der Waals surface area contributed by atoms with Crippen LogP contribution in [-0.2, 0) is 10.0 Å². The molecule has 0 amide bonds. The van der Waals surface area contributed by atoms with Gasteiger partial charge in [-0.05, 0) is 51.0 Å². The summed E-state index contributed by atoms with van der Waals surface area (Å²) in [6, 6.07) is 7.84. The van der Waals surface area contributed by atoms with Gasteiger partial charge in [-0.3, -0.25) is 9.10 Å². The van der Waals surface area contributed by atoms with Gasteiger partial charge >= 0.3 is 0 Å². The standard InChI is InChI=1S/C22H28ClN5O3S/c1-13(2)12-32(30,31)28(14(3)4)20-8-9-24-22(27-20)25-15(5)18-11-16-10-17(23)6-7-19(16)26-21(18)29/h6-11,13-15H,12H2,1-5H3,(H,26,29)(H,24,25,27). The Morgan fingerprint density at radius 1 is 1.12 bits per heavy atom. The number of H-pyrrole nitrogens is 1. The number of halogens is 1. The number of pyridine rings is 1. The maximum atomic E-state index is 12.9.